The summed E-state index contributed by atoms with van der Waals surface area (Å²) >= 11 is 0. The van der Waals surface area contributed by atoms with Gasteiger partial charge in [-0.25, -0.2) is 4.39 Å². The highest BCUT2D eigenvalue weighted by Crippen LogP contribution is 2.05. The van der Waals surface area contributed by atoms with E-state index in [9.17, 15) is 9.18 Å². The van der Waals surface area contributed by atoms with Gasteiger partial charge in [-0.05, 0) is 18.6 Å². The maximum atomic E-state index is 13.0. The molecule has 0 aromatic carbocycles. The van der Waals surface area contributed by atoms with Gasteiger partial charge in [0.1, 0.15) is 5.82 Å². The molecular weight excluding hydrogens is 235 g/mol. The van der Waals surface area contributed by atoms with Crippen molar-refractivity contribution in [2.45, 2.75) is 13.5 Å². The normalized spacial score (nSPS) is 10.4. The van der Waals surface area contributed by atoms with Crippen molar-refractivity contribution < 1.29 is 13.9 Å². The zero-order valence-corrected chi connectivity index (χ0v) is 10.4. The number of rotatable bonds is 7. The van der Waals surface area contributed by atoms with Gasteiger partial charge in [-0.15, -0.1) is 6.58 Å². The van der Waals surface area contributed by atoms with Gasteiger partial charge in [0.15, 0.2) is 0 Å². The predicted molar refractivity (Wildman–Crippen MR) is 66.3 cm³/mol. The highest BCUT2D eigenvalue weighted by molar-refractivity contribution is 5.71. The fraction of sp³-hybridized carbons (Fsp3) is 0.385. The summed E-state index contributed by atoms with van der Waals surface area (Å²) in [6, 6.07) is 1.40. The van der Waals surface area contributed by atoms with Gasteiger partial charge in [0.05, 0.1) is 19.3 Å². The largest absolute Gasteiger partial charge is 0.465 e. The van der Waals surface area contributed by atoms with E-state index in [1.165, 1.54) is 6.07 Å². The summed E-state index contributed by atoms with van der Waals surface area (Å²) in [5, 5.41) is 0. The number of hydrogen-bond donors (Lipinski definition) is 0. The van der Waals surface area contributed by atoms with Gasteiger partial charge in [-0.2, -0.15) is 0 Å². The van der Waals surface area contributed by atoms with Crippen molar-refractivity contribution in [1.29, 1.82) is 0 Å². The van der Waals surface area contributed by atoms with Crippen molar-refractivity contribution in [2.24, 2.45) is 0 Å². The van der Waals surface area contributed by atoms with Gasteiger partial charge in [-0.1, -0.05) is 6.08 Å². The Morgan fingerprint density at radius 2 is 2.39 bits per heavy atom. The summed E-state index contributed by atoms with van der Waals surface area (Å²) in [5.74, 6) is -0.689. The fourth-order valence-corrected chi connectivity index (χ4v) is 1.56. The summed E-state index contributed by atoms with van der Waals surface area (Å²) in [4.78, 5) is 17.0. The van der Waals surface area contributed by atoms with Crippen LogP contribution in [0, 0.1) is 5.82 Å². The van der Waals surface area contributed by atoms with Crippen LogP contribution >= 0.6 is 0 Å². The maximum absolute atomic E-state index is 13.0. The van der Waals surface area contributed by atoms with Crippen molar-refractivity contribution in [3.8, 4) is 0 Å². The molecule has 0 saturated carbocycles. The molecule has 0 saturated heterocycles. The molecule has 0 aliphatic heterocycles. The molecule has 18 heavy (non-hydrogen) atoms. The molecule has 0 radical (unpaired) electrons. The summed E-state index contributed by atoms with van der Waals surface area (Å²) in [5.41, 5.74) is 0.709. The van der Waals surface area contributed by atoms with Crippen LogP contribution in [0.25, 0.3) is 0 Å². The van der Waals surface area contributed by atoms with Gasteiger partial charge in [0.2, 0.25) is 0 Å². The predicted octanol–water partition coefficient (Wildman–Crippen LogP) is 1.77. The topological polar surface area (TPSA) is 42.4 Å². The van der Waals surface area contributed by atoms with Gasteiger partial charge in [-0.3, -0.25) is 14.7 Å². The Bertz CT molecular complexity index is 410. The standard InChI is InChI=1S/C13H17FN2O2/c1-3-5-16(10-13(17)18-4-2)9-11-6-12(14)8-15-7-11/h3,6-8H,1,4-5,9-10H2,2H3. The molecule has 0 aliphatic rings. The number of carbonyl (C=O) groups is 1. The Morgan fingerprint density at radius 1 is 1.61 bits per heavy atom. The summed E-state index contributed by atoms with van der Waals surface area (Å²) in [6.45, 7) is 6.83. The van der Waals surface area contributed by atoms with Crippen molar-refractivity contribution in [3.63, 3.8) is 0 Å². The molecule has 1 rings (SSSR count). The third kappa shape index (κ3) is 5.05. The Kier molecular flexibility index (Phi) is 6.00. The summed E-state index contributed by atoms with van der Waals surface area (Å²) in [7, 11) is 0. The third-order valence-corrected chi connectivity index (χ3v) is 2.21. The Balaban J connectivity index is 2.62. The molecule has 0 amide bonds. The van der Waals surface area contributed by atoms with Crippen molar-refractivity contribution in [2.75, 3.05) is 19.7 Å². The molecule has 0 aliphatic carbocycles. The third-order valence-electron chi connectivity index (χ3n) is 2.21. The fourth-order valence-electron chi connectivity index (χ4n) is 1.56. The van der Waals surface area contributed by atoms with Crippen LogP contribution in [0.4, 0.5) is 4.39 Å². The van der Waals surface area contributed by atoms with E-state index in [2.05, 4.69) is 11.6 Å². The molecule has 5 heteroatoms. The van der Waals surface area contributed by atoms with Crippen LogP contribution in [-0.4, -0.2) is 35.5 Å². The molecule has 1 aromatic heterocycles. The van der Waals surface area contributed by atoms with E-state index in [0.29, 0.717) is 25.3 Å². The Labute approximate surface area is 106 Å². The molecule has 0 bridgehead atoms. The number of ether oxygens (including phenoxy) is 1. The number of pyridine rings is 1. The lowest BCUT2D eigenvalue weighted by atomic mass is 10.2. The molecule has 0 unspecified atom stereocenters. The van der Waals surface area contributed by atoms with Gasteiger partial charge >= 0.3 is 5.97 Å². The monoisotopic (exact) mass is 252 g/mol. The van der Waals surface area contributed by atoms with Crippen LogP contribution in [0.15, 0.2) is 31.1 Å². The van der Waals surface area contributed by atoms with Crippen molar-refractivity contribution in [1.82, 2.24) is 9.88 Å². The minimum absolute atomic E-state index is 0.149. The summed E-state index contributed by atoms with van der Waals surface area (Å²) in [6.07, 6.45) is 4.41. The Morgan fingerprint density at radius 3 is 3.00 bits per heavy atom. The number of aromatic nitrogens is 1. The Hall–Kier alpha value is -1.75. The average Bonchev–Trinajstić information content (AvgIpc) is 2.29. The highest BCUT2D eigenvalue weighted by Gasteiger charge is 2.11. The lowest BCUT2D eigenvalue weighted by Gasteiger charge is -2.19. The first-order valence-electron chi connectivity index (χ1n) is 5.74. The van der Waals surface area contributed by atoms with Gasteiger partial charge in [0, 0.05) is 19.3 Å². The molecule has 1 aromatic rings. The van der Waals surface area contributed by atoms with Crippen LogP contribution in [0.2, 0.25) is 0 Å². The lowest BCUT2D eigenvalue weighted by molar-refractivity contribution is -0.144. The first-order valence-corrected chi connectivity index (χ1v) is 5.74. The molecular formula is C13H17FN2O2. The second-order valence-corrected chi connectivity index (χ2v) is 3.77. The zero-order chi connectivity index (χ0) is 13.4. The van der Waals surface area contributed by atoms with Gasteiger partial charge in [0.25, 0.3) is 0 Å². The van der Waals surface area contributed by atoms with Crippen LogP contribution in [-0.2, 0) is 16.1 Å². The second kappa shape index (κ2) is 7.55. The van der Waals surface area contributed by atoms with E-state index in [1.54, 1.807) is 24.1 Å². The minimum atomic E-state index is -0.387. The first kappa shape index (κ1) is 14.3. The number of nitrogens with zero attached hydrogens (tertiary/aromatic N) is 2. The molecule has 1 heterocycles. The van der Waals surface area contributed by atoms with Gasteiger partial charge < -0.3 is 4.74 Å². The number of esters is 1. The molecule has 0 atom stereocenters. The van der Waals surface area contributed by atoms with Crippen LogP contribution in [0.5, 0.6) is 0 Å². The van der Waals surface area contributed by atoms with E-state index in [0.717, 1.165) is 6.20 Å². The second-order valence-electron chi connectivity index (χ2n) is 3.77. The maximum Gasteiger partial charge on any atom is 0.320 e. The molecule has 0 fully saturated rings. The molecule has 4 nitrogen and oxygen atoms in total. The lowest BCUT2D eigenvalue weighted by Crippen LogP contribution is -2.30. The highest BCUT2D eigenvalue weighted by atomic mass is 19.1. The smallest absolute Gasteiger partial charge is 0.320 e. The van der Waals surface area contributed by atoms with E-state index >= 15 is 0 Å². The van der Waals surface area contributed by atoms with E-state index in [4.69, 9.17) is 4.74 Å². The van der Waals surface area contributed by atoms with E-state index < -0.39 is 0 Å². The van der Waals surface area contributed by atoms with Crippen LogP contribution in [0.3, 0.4) is 0 Å². The molecule has 98 valence electrons. The average molecular weight is 252 g/mol. The van der Waals surface area contributed by atoms with Crippen molar-refractivity contribution >= 4 is 5.97 Å². The van der Waals surface area contributed by atoms with Crippen LogP contribution < -0.4 is 0 Å². The first-order chi connectivity index (χ1) is 8.65. The van der Waals surface area contributed by atoms with E-state index in [-0.39, 0.29) is 18.3 Å². The molecule has 0 N–H and O–H groups in total. The minimum Gasteiger partial charge on any atom is -0.465 e. The zero-order valence-electron chi connectivity index (χ0n) is 10.4. The quantitative estimate of drug-likeness (QED) is 0.548. The van der Waals surface area contributed by atoms with E-state index in [1.807, 2.05) is 0 Å². The number of halogens is 1. The van der Waals surface area contributed by atoms with Crippen LogP contribution in [0.1, 0.15) is 12.5 Å². The molecule has 0 spiro atoms. The summed E-state index contributed by atoms with van der Waals surface area (Å²) < 4.78 is 17.9. The SMILES string of the molecule is C=CCN(CC(=O)OCC)Cc1cncc(F)c1. The number of hydrogen-bond acceptors (Lipinski definition) is 4. The number of carbonyl (C=O) groups excluding carboxylic acids is 1. The van der Waals surface area contributed by atoms with Crippen molar-refractivity contribution in [3.05, 3.63) is 42.5 Å².